The van der Waals surface area contributed by atoms with Gasteiger partial charge in [0, 0.05) is 84.6 Å². The Morgan fingerprint density at radius 2 is 1.37 bits per heavy atom. The minimum Gasteiger partial charge on any atom is -0.487 e. The van der Waals surface area contributed by atoms with Gasteiger partial charge in [-0.3, -0.25) is 19.5 Å². The Labute approximate surface area is 392 Å². The highest BCUT2D eigenvalue weighted by molar-refractivity contribution is 6.30. The van der Waals surface area contributed by atoms with Crippen LogP contribution in [0.2, 0.25) is 10.0 Å². The van der Waals surface area contributed by atoms with Crippen LogP contribution in [0, 0.1) is 0 Å². The summed E-state index contributed by atoms with van der Waals surface area (Å²) in [6.07, 6.45) is 5.00. The van der Waals surface area contributed by atoms with Gasteiger partial charge in [-0.05, 0) is 119 Å². The van der Waals surface area contributed by atoms with Gasteiger partial charge in [0.25, 0.3) is 0 Å². The molecular weight excluding hydrogens is 869 g/mol. The molecule has 7 rings (SSSR count). The van der Waals surface area contributed by atoms with E-state index in [0.29, 0.717) is 42.7 Å². The summed E-state index contributed by atoms with van der Waals surface area (Å²) in [7, 11) is 2.80. The number of nitrogens with zero attached hydrogens (tertiary/aromatic N) is 5. The highest BCUT2D eigenvalue weighted by atomic mass is 35.5. The Morgan fingerprint density at radius 3 is 1.94 bits per heavy atom. The minimum absolute atomic E-state index is 0.00121. The third kappa shape index (κ3) is 13.4. The summed E-state index contributed by atoms with van der Waals surface area (Å²) >= 11 is 12.1. The van der Waals surface area contributed by atoms with Gasteiger partial charge in [-0.25, -0.2) is 4.79 Å². The van der Waals surface area contributed by atoms with Crippen LogP contribution in [-0.2, 0) is 36.0 Å². The second-order valence-corrected chi connectivity index (χ2v) is 18.8. The number of hydrogen-bond donors (Lipinski definition) is 1. The number of piperazine rings is 2. The average molecular weight is 931 g/mol. The number of benzene rings is 3. The number of rotatable bonds is 10. The zero-order valence-corrected chi connectivity index (χ0v) is 39.9. The van der Waals surface area contributed by atoms with Gasteiger partial charge in [-0.15, -0.1) is 0 Å². The third-order valence-electron chi connectivity index (χ3n) is 11.6. The van der Waals surface area contributed by atoms with Gasteiger partial charge in [0.05, 0.1) is 50.4 Å². The van der Waals surface area contributed by atoms with Crippen LogP contribution >= 0.6 is 23.2 Å². The van der Waals surface area contributed by atoms with Crippen molar-refractivity contribution >= 4 is 58.2 Å². The molecule has 4 aromatic rings. The molecular formula is C50H61Cl2N5O8. The van der Waals surface area contributed by atoms with Gasteiger partial charge in [0.1, 0.15) is 18.0 Å². The number of methoxy groups -OCH3 is 2. The van der Waals surface area contributed by atoms with Gasteiger partial charge in [0.2, 0.25) is 0 Å². The smallest absolute Gasteiger partial charge is 0.410 e. The first-order valence-corrected chi connectivity index (χ1v) is 22.7. The van der Waals surface area contributed by atoms with Gasteiger partial charge in [-0.2, -0.15) is 0 Å². The Bertz CT molecular complexity index is 2290. The number of amides is 1. The normalized spacial score (nSPS) is 18.3. The molecule has 1 aromatic heterocycles. The minimum atomic E-state index is -0.970. The van der Waals surface area contributed by atoms with Crippen molar-refractivity contribution in [2.75, 3.05) is 69.8 Å². The Morgan fingerprint density at radius 1 is 0.785 bits per heavy atom. The summed E-state index contributed by atoms with van der Waals surface area (Å²) in [5, 5.41) is 12.0. The molecule has 15 heteroatoms. The van der Waals surface area contributed by atoms with E-state index < -0.39 is 11.2 Å². The van der Waals surface area contributed by atoms with E-state index in [1.807, 2.05) is 93.6 Å². The molecule has 4 heterocycles. The van der Waals surface area contributed by atoms with Gasteiger partial charge >= 0.3 is 18.0 Å². The fourth-order valence-corrected chi connectivity index (χ4v) is 8.52. The first-order chi connectivity index (χ1) is 30.9. The van der Waals surface area contributed by atoms with E-state index >= 15 is 0 Å². The monoisotopic (exact) mass is 929 g/mol. The van der Waals surface area contributed by atoms with Crippen molar-refractivity contribution in [3.05, 3.63) is 124 Å². The number of aromatic nitrogens is 1. The summed E-state index contributed by atoms with van der Waals surface area (Å²) in [4.78, 5) is 49.5. The van der Waals surface area contributed by atoms with E-state index in [0.717, 1.165) is 77.7 Å². The molecule has 0 saturated carbocycles. The third-order valence-corrected chi connectivity index (χ3v) is 12.1. The highest BCUT2D eigenvalue weighted by Gasteiger charge is 2.34. The molecule has 0 radical (unpaired) electrons. The van der Waals surface area contributed by atoms with Crippen molar-refractivity contribution in [1.29, 1.82) is 0 Å². The zero-order chi connectivity index (χ0) is 46.9. The molecule has 13 nitrogen and oxygen atoms in total. The van der Waals surface area contributed by atoms with Crippen molar-refractivity contribution in [2.24, 2.45) is 0 Å². The summed E-state index contributed by atoms with van der Waals surface area (Å²) in [5.74, 6) is 0.261. The number of esters is 2. The Kier molecular flexibility index (Phi) is 16.4. The van der Waals surface area contributed by atoms with Crippen LogP contribution in [0.15, 0.2) is 91.1 Å². The number of carbonyl (C=O) groups excluding carboxylic acids is 3. The lowest BCUT2D eigenvalue weighted by molar-refractivity contribution is -0.142. The standard InChI is InChI=1S/C32H36ClN3O4.C18H25ClN2O4/c1-32(2,38)22-8-13-30-28(18-22)26(27-6-4-14-34-29(27)21-40-30)7-5-15-35-16-17-36(24-11-9-23(33)10-12-24)25(20-35)19-31(37)39-3;1-18(2,3)25-17(23)20-9-10-21(14-7-5-13(19)6-8-14)15(12-20)11-16(22)24-4/h4,6-14,18,25,38H,5,15-17,19-21H2,1-3H3;5-8,15H,9-12H2,1-4H3. The van der Waals surface area contributed by atoms with Crippen LogP contribution in [0.1, 0.15) is 76.3 Å². The van der Waals surface area contributed by atoms with Crippen molar-refractivity contribution in [3.63, 3.8) is 0 Å². The molecule has 1 N–H and O–H groups in total. The molecule has 3 aromatic carbocycles. The molecule has 2 atom stereocenters. The first-order valence-electron chi connectivity index (χ1n) is 21.9. The van der Waals surface area contributed by atoms with Crippen molar-refractivity contribution in [3.8, 4) is 5.75 Å². The van der Waals surface area contributed by atoms with Gasteiger partial charge in [0.15, 0.2) is 0 Å². The number of fused-ring (bicyclic) bond motifs is 2. The molecule has 0 bridgehead atoms. The molecule has 3 aliphatic rings. The van der Waals surface area contributed by atoms with Crippen LogP contribution in [0.25, 0.3) is 5.57 Å². The van der Waals surface area contributed by atoms with E-state index in [4.69, 9.17) is 42.1 Å². The van der Waals surface area contributed by atoms with Gasteiger partial charge < -0.3 is 38.8 Å². The van der Waals surface area contributed by atoms with Crippen molar-refractivity contribution in [2.45, 2.75) is 83.8 Å². The lowest BCUT2D eigenvalue weighted by Gasteiger charge is -2.42. The fourth-order valence-electron chi connectivity index (χ4n) is 8.26. The van der Waals surface area contributed by atoms with Crippen molar-refractivity contribution < 1.29 is 38.4 Å². The summed E-state index contributed by atoms with van der Waals surface area (Å²) in [6.45, 7) is 14.3. The average Bonchev–Trinajstić information content (AvgIpc) is 3.43. The largest absolute Gasteiger partial charge is 0.487 e. The molecule has 2 fully saturated rings. The molecule has 0 spiro atoms. The SMILES string of the molecule is COC(=O)CC1CN(C(=O)OC(C)(C)C)CCN1c1ccc(Cl)cc1.COC(=O)CC1CN(CCC=C2c3cc(C(C)(C)O)ccc3OCc3ncccc32)CCN1c1ccc(Cl)cc1. The van der Waals surface area contributed by atoms with E-state index in [1.165, 1.54) is 14.2 Å². The van der Waals surface area contributed by atoms with Crippen LogP contribution in [0.3, 0.4) is 0 Å². The summed E-state index contributed by atoms with van der Waals surface area (Å²) < 4.78 is 21.4. The van der Waals surface area contributed by atoms with Crippen LogP contribution < -0.4 is 14.5 Å². The predicted molar refractivity (Wildman–Crippen MR) is 255 cm³/mol. The van der Waals surface area contributed by atoms with E-state index in [9.17, 15) is 19.5 Å². The van der Waals surface area contributed by atoms with Crippen LogP contribution in [0.4, 0.5) is 16.2 Å². The topological polar surface area (TPSA) is 134 Å². The number of halogens is 2. The maximum atomic E-state index is 12.4. The predicted octanol–water partition coefficient (Wildman–Crippen LogP) is 8.76. The maximum absolute atomic E-state index is 12.4. The maximum Gasteiger partial charge on any atom is 0.410 e. The number of hydrogen-bond acceptors (Lipinski definition) is 12. The molecule has 65 heavy (non-hydrogen) atoms. The number of pyridine rings is 1. The Balaban J connectivity index is 0.000000241. The van der Waals surface area contributed by atoms with Crippen molar-refractivity contribution in [1.82, 2.24) is 14.8 Å². The number of aliphatic hydroxyl groups is 1. The molecule has 0 aliphatic carbocycles. The first kappa shape index (κ1) is 49.1. The second kappa shape index (κ2) is 21.8. The summed E-state index contributed by atoms with van der Waals surface area (Å²) in [6, 6.07) is 25.0. The highest BCUT2D eigenvalue weighted by Crippen LogP contribution is 2.39. The fraction of sp³-hybridized carbons (Fsp3) is 0.440. The van der Waals surface area contributed by atoms with E-state index in [-0.39, 0.29) is 36.5 Å². The quantitative estimate of drug-likeness (QED) is 0.120. The van der Waals surface area contributed by atoms with Gasteiger partial charge in [-0.1, -0.05) is 41.4 Å². The van der Waals surface area contributed by atoms with E-state index in [2.05, 4.69) is 31.8 Å². The number of ether oxygens (including phenoxy) is 4. The zero-order valence-electron chi connectivity index (χ0n) is 38.4. The molecule has 2 unspecified atom stereocenters. The van der Waals surface area contributed by atoms with Crippen LogP contribution in [0.5, 0.6) is 5.75 Å². The van der Waals surface area contributed by atoms with E-state index in [1.54, 1.807) is 24.9 Å². The number of anilines is 2. The molecule has 348 valence electrons. The van der Waals surface area contributed by atoms with Crippen LogP contribution in [-0.4, -0.2) is 116 Å². The number of carbonyl (C=O) groups is 3. The molecule has 1 amide bonds. The molecule has 3 aliphatic heterocycles. The lowest BCUT2D eigenvalue weighted by atomic mass is 9.90. The summed E-state index contributed by atoms with van der Waals surface area (Å²) in [5.41, 5.74) is 5.29. The lowest BCUT2D eigenvalue weighted by Crippen LogP contribution is -2.56. The Hall–Kier alpha value is -5.34. The molecule has 2 saturated heterocycles. The second-order valence-electron chi connectivity index (χ2n) is 17.9.